The molecule has 2 aromatic heterocycles. The first-order valence-electron chi connectivity index (χ1n) is 10.7. The molecule has 156 valence electrons. The molecule has 1 saturated heterocycles. The van der Waals surface area contributed by atoms with Gasteiger partial charge in [0, 0.05) is 32.6 Å². The first kappa shape index (κ1) is 19.0. The summed E-state index contributed by atoms with van der Waals surface area (Å²) in [5.41, 5.74) is 0.944. The molecule has 2 aliphatic rings. The van der Waals surface area contributed by atoms with E-state index in [1.54, 1.807) is 22.7 Å². The van der Waals surface area contributed by atoms with E-state index in [9.17, 15) is 9.18 Å². The Labute approximate surface area is 174 Å². The third-order valence-electron chi connectivity index (χ3n) is 6.26. The lowest BCUT2D eigenvalue weighted by molar-refractivity contribution is -0.132. The second-order valence-corrected chi connectivity index (χ2v) is 8.19. The summed E-state index contributed by atoms with van der Waals surface area (Å²) >= 11 is 0. The number of carbonyl (C=O) groups is 1. The van der Waals surface area contributed by atoms with Gasteiger partial charge in [0.15, 0.2) is 11.5 Å². The molecular weight excluding hydrogens is 383 g/mol. The second-order valence-electron chi connectivity index (χ2n) is 8.19. The Kier molecular flexibility index (Phi) is 5.06. The lowest BCUT2D eigenvalue weighted by Gasteiger charge is -2.35. The number of anilines is 1. The van der Waals surface area contributed by atoms with E-state index in [1.165, 1.54) is 31.7 Å². The van der Waals surface area contributed by atoms with E-state index < -0.39 is 0 Å². The number of piperazine rings is 1. The monoisotopic (exact) mass is 408 g/mol. The Bertz CT molecular complexity index is 1050. The van der Waals surface area contributed by atoms with Crippen molar-refractivity contribution in [2.75, 3.05) is 31.1 Å². The van der Waals surface area contributed by atoms with Gasteiger partial charge in [0.05, 0.1) is 5.56 Å². The fourth-order valence-corrected chi connectivity index (χ4v) is 4.53. The Morgan fingerprint density at radius 3 is 2.53 bits per heavy atom. The smallest absolute Gasteiger partial charge is 0.222 e. The standard InChI is InChI=1S/C22H25FN6O/c23-18-8-4-3-7-17(18)22-25-24-19-9-10-20(26-29(19)22)27-11-13-28(14-12-27)21(30)15-16-5-1-2-6-16/h3-4,7-10,16H,1-2,5-6,11-15H2. The SMILES string of the molecule is O=C(CC1CCCC1)N1CCN(c2ccc3nnc(-c4ccccc4F)n3n2)CC1. The summed E-state index contributed by atoms with van der Waals surface area (Å²) in [5.74, 6) is 1.67. The van der Waals surface area contributed by atoms with Crippen molar-refractivity contribution in [2.24, 2.45) is 5.92 Å². The fraction of sp³-hybridized carbons (Fsp3) is 0.455. The quantitative estimate of drug-likeness (QED) is 0.663. The summed E-state index contributed by atoms with van der Waals surface area (Å²) < 4.78 is 15.8. The lowest BCUT2D eigenvalue weighted by Crippen LogP contribution is -2.49. The highest BCUT2D eigenvalue weighted by Crippen LogP contribution is 2.28. The highest BCUT2D eigenvalue weighted by Gasteiger charge is 2.26. The van der Waals surface area contributed by atoms with E-state index in [0.717, 1.165) is 18.9 Å². The molecule has 7 nitrogen and oxygen atoms in total. The maximum atomic E-state index is 14.2. The van der Waals surface area contributed by atoms with Crippen molar-refractivity contribution in [3.05, 3.63) is 42.2 Å². The molecule has 1 aromatic carbocycles. The number of hydrogen-bond donors (Lipinski definition) is 0. The first-order valence-corrected chi connectivity index (χ1v) is 10.7. The van der Waals surface area contributed by atoms with Crippen LogP contribution in [0.4, 0.5) is 10.2 Å². The van der Waals surface area contributed by atoms with Crippen LogP contribution >= 0.6 is 0 Å². The average molecular weight is 408 g/mol. The molecule has 0 atom stereocenters. The number of carbonyl (C=O) groups excluding carboxylic acids is 1. The van der Waals surface area contributed by atoms with E-state index in [1.807, 2.05) is 17.0 Å². The van der Waals surface area contributed by atoms with Gasteiger partial charge in [-0.25, -0.2) is 4.39 Å². The minimum Gasteiger partial charge on any atom is -0.352 e. The molecule has 2 fully saturated rings. The predicted molar refractivity (Wildman–Crippen MR) is 112 cm³/mol. The van der Waals surface area contributed by atoms with Gasteiger partial charge >= 0.3 is 0 Å². The summed E-state index contributed by atoms with van der Waals surface area (Å²) in [7, 11) is 0. The van der Waals surface area contributed by atoms with Crippen molar-refractivity contribution in [3.63, 3.8) is 0 Å². The highest BCUT2D eigenvalue weighted by atomic mass is 19.1. The van der Waals surface area contributed by atoms with Crippen LogP contribution < -0.4 is 4.90 Å². The van der Waals surface area contributed by atoms with Crippen molar-refractivity contribution in [1.29, 1.82) is 0 Å². The maximum absolute atomic E-state index is 14.2. The van der Waals surface area contributed by atoms with Gasteiger partial charge in [-0.3, -0.25) is 4.79 Å². The molecule has 0 unspecified atom stereocenters. The van der Waals surface area contributed by atoms with Crippen molar-refractivity contribution >= 4 is 17.4 Å². The summed E-state index contributed by atoms with van der Waals surface area (Å²) in [6, 6.07) is 10.2. The van der Waals surface area contributed by atoms with Crippen LogP contribution in [0, 0.1) is 11.7 Å². The van der Waals surface area contributed by atoms with Crippen LogP contribution in [0.2, 0.25) is 0 Å². The van der Waals surface area contributed by atoms with Crippen LogP contribution in [-0.2, 0) is 4.79 Å². The summed E-state index contributed by atoms with van der Waals surface area (Å²) in [6.07, 6.45) is 5.60. The molecule has 0 spiro atoms. The third-order valence-corrected chi connectivity index (χ3v) is 6.26. The Morgan fingerprint density at radius 2 is 1.77 bits per heavy atom. The van der Waals surface area contributed by atoms with Crippen LogP contribution in [0.15, 0.2) is 36.4 Å². The van der Waals surface area contributed by atoms with Gasteiger partial charge in [-0.05, 0) is 43.0 Å². The molecule has 0 bridgehead atoms. The maximum Gasteiger partial charge on any atom is 0.222 e. The molecular formula is C22H25FN6O. The topological polar surface area (TPSA) is 66.6 Å². The van der Waals surface area contributed by atoms with Gasteiger partial charge in [0.1, 0.15) is 11.6 Å². The molecule has 3 heterocycles. The average Bonchev–Trinajstić information content (AvgIpc) is 3.43. The van der Waals surface area contributed by atoms with Gasteiger partial charge in [-0.1, -0.05) is 25.0 Å². The Morgan fingerprint density at radius 1 is 1.00 bits per heavy atom. The van der Waals surface area contributed by atoms with E-state index in [0.29, 0.717) is 42.5 Å². The zero-order valence-electron chi connectivity index (χ0n) is 16.9. The zero-order chi connectivity index (χ0) is 20.5. The number of nitrogens with zero attached hydrogens (tertiary/aromatic N) is 6. The summed E-state index contributed by atoms with van der Waals surface area (Å²) in [5, 5.41) is 12.9. The molecule has 1 amide bonds. The normalized spacial score (nSPS) is 17.8. The fourth-order valence-electron chi connectivity index (χ4n) is 4.53. The van der Waals surface area contributed by atoms with Gasteiger partial charge in [-0.15, -0.1) is 15.3 Å². The highest BCUT2D eigenvalue weighted by molar-refractivity contribution is 5.76. The van der Waals surface area contributed by atoms with Crippen molar-refractivity contribution in [3.8, 4) is 11.4 Å². The number of fused-ring (bicyclic) bond motifs is 1. The number of benzene rings is 1. The first-order chi connectivity index (χ1) is 14.7. The summed E-state index contributed by atoms with van der Waals surface area (Å²) in [4.78, 5) is 16.7. The molecule has 3 aromatic rings. The molecule has 1 saturated carbocycles. The molecule has 8 heteroatoms. The number of amides is 1. The van der Waals surface area contributed by atoms with Crippen LogP contribution in [0.5, 0.6) is 0 Å². The molecule has 1 aliphatic carbocycles. The van der Waals surface area contributed by atoms with Crippen molar-refractivity contribution in [1.82, 2.24) is 24.7 Å². The van der Waals surface area contributed by atoms with E-state index in [4.69, 9.17) is 0 Å². The van der Waals surface area contributed by atoms with E-state index in [2.05, 4.69) is 20.2 Å². The lowest BCUT2D eigenvalue weighted by atomic mass is 10.0. The minimum absolute atomic E-state index is 0.283. The third kappa shape index (κ3) is 3.62. The number of aromatic nitrogens is 4. The largest absolute Gasteiger partial charge is 0.352 e. The van der Waals surface area contributed by atoms with Crippen LogP contribution in [0.3, 0.4) is 0 Å². The van der Waals surface area contributed by atoms with Crippen molar-refractivity contribution < 1.29 is 9.18 Å². The number of halogens is 1. The molecule has 5 rings (SSSR count). The predicted octanol–water partition coefficient (Wildman–Crippen LogP) is 3.16. The zero-order valence-corrected chi connectivity index (χ0v) is 16.9. The van der Waals surface area contributed by atoms with Gasteiger partial charge < -0.3 is 9.80 Å². The van der Waals surface area contributed by atoms with Crippen LogP contribution in [0.1, 0.15) is 32.1 Å². The van der Waals surface area contributed by atoms with Crippen LogP contribution in [-0.4, -0.2) is 56.8 Å². The second kappa shape index (κ2) is 8.01. The number of hydrogen-bond acceptors (Lipinski definition) is 5. The molecule has 0 N–H and O–H groups in total. The van der Waals surface area contributed by atoms with Crippen LogP contribution in [0.25, 0.3) is 17.0 Å². The Balaban J connectivity index is 1.31. The van der Waals surface area contributed by atoms with Gasteiger partial charge in [0.25, 0.3) is 0 Å². The van der Waals surface area contributed by atoms with E-state index >= 15 is 0 Å². The summed E-state index contributed by atoms with van der Waals surface area (Å²) in [6.45, 7) is 2.86. The minimum atomic E-state index is -0.353. The van der Waals surface area contributed by atoms with Gasteiger partial charge in [-0.2, -0.15) is 4.52 Å². The Hall–Kier alpha value is -3.03. The molecule has 30 heavy (non-hydrogen) atoms. The molecule has 1 aliphatic heterocycles. The van der Waals surface area contributed by atoms with Gasteiger partial charge in [0.2, 0.25) is 5.91 Å². The molecule has 0 radical (unpaired) electrons. The number of rotatable bonds is 4. The van der Waals surface area contributed by atoms with Crippen molar-refractivity contribution in [2.45, 2.75) is 32.1 Å². The van der Waals surface area contributed by atoms with E-state index in [-0.39, 0.29) is 11.7 Å².